The first-order chi connectivity index (χ1) is 9.58. The number of hydrogen-bond acceptors (Lipinski definition) is 3. The second-order valence-electron chi connectivity index (χ2n) is 4.71. The van der Waals surface area contributed by atoms with Gasteiger partial charge in [0.25, 0.3) is 5.91 Å². The van der Waals surface area contributed by atoms with Crippen molar-refractivity contribution in [3.05, 3.63) is 59.8 Å². The lowest BCUT2D eigenvalue weighted by molar-refractivity contribution is 0.0939. The van der Waals surface area contributed by atoms with E-state index in [-0.39, 0.29) is 30.2 Å². The SMILES string of the molecule is CN(C)C(CNC(=O)c1ccc(F)cc1)c1ccco1.Cl. The number of nitrogens with one attached hydrogen (secondary N) is 1. The summed E-state index contributed by atoms with van der Waals surface area (Å²) in [5.41, 5.74) is 0.434. The topological polar surface area (TPSA) is 45.5 Å². The summed E-state index contributed by atoms with van der Waals surface area (Å²) in [4.78, 5) is 13.9. The minimum atomic E-state index is -0.358. The highest BCUT2D eigenvalue weighted by atomic mass is 35.5. The lowest BCUT2D eigenvalue weighted by Crippen LogP contribution is -2.34. The van der Waals surface area contributed by atoms with E-state index in [0.29, 0.717) is 12.1 Å². The fraction of sp³-hybridized carbons (Fsp3) is 0.267. The Morgan fingerprint density at radius 1 is 1.29 bits per heavy atom. The average Bonchev–Trinajstić information content (AvgIpc) is 2.93. The molecular weight excluding hydrogens is 295 g/mol. The predicted octanol–water partition coefficient (Wildman–Crippen LogP) is 2.87. The molecule has 0 saturated carbocycles. The molecule has 6 heteroatoms. The molecule has 0 saturated heterocycles. The third kappa shape index (κ3) is 4.58. The van der Waals surface area contributed by atoms with E-state index in [2.05, 4.69) is 5.32 Å². The van der Waals surface area contributed by atoms with Crippen molar-refractivity contribution >= 4 is 18.3 Å². The van der Waals surface area contributed by atoms with E-state index in [1.165, 1.54) is 24.3 Å². The van der Waals surface area contributed by atoms with Crippen LogP contribution in [0.5, 0.6) is 0 Å². The number of carbonyl (C=O) groups excluding carboxylic acids is 1. The number of likely N-dealkylation sites (N-methyl/N-ethyl adjacent to an activating group) is 1. The van der Waals surface area contributed by atoms with Crippen LogP contribution in [0.1, 0.15) is 22.2 Å². The molecule has 0 aliphatic carbocycles. The Labute approximate surface area is 129 Å². The molecule has 2 rings (SSSR count). The molecule has 0 aliphatic rings. The third-order valence-electron chi connectivity index (χ3n) is 3.06. The van der Waals surface area contributed by atoms with Gasteiger partial charge in [0.2, 0.25) is 0 Å². The van der Waals surface area contributed by atoms with Gasteiger partial charge in [0.1, 0.15) is 11.6 Å². The molecule has 0 fully saturated rings. The van der Waals surface area contributed by atoms with E-state index < -0.39 is 0 Å². The van der Waals surface area contributed by atoms with Gasteiger partial charge in [-0.3, -0.25) is 9.69 Å². The summed E-state index contributed by atoms with van der Waals surface area (Å²) in [6.07, 6.45) is 1.60. The molecule has 0 bridgehead atoms. The molecule has 1 amide bonds. The summed E-state index contributed by atoms with van der Waals surface area (Å²) in [5.74, 6) is 0.195. The smallest absolute Gasteiger partial charge is 0.251 e. The maximum absolute atomic E-state index is 12.8. The summed E-state index contributed by atoms with van der Waals surface area (Å²) in [5, 5.41) is 2.83. The zero-order valence-corrected chi connectivity index (χ0v) is 12.7. The molecule has 1 atom stereocenters. The van der Waals surface area contributed by atoms with Crippen LogP contribution in [0.15, 0.2) is 47.1 Å². The van der Waals surface area contributed by atoms with Gasteiger partial charge in [0.15, 0.2) is 0 Å². The largest absolute Gasteiger partial charge is 0.468 e. The summed E-state index contributed by atoms with van der Waals surface area (Å²) < 4.78 is 18.2. The van der Waals surface area contributed by atoms with E-state index in [4.69, 9.17) is 4.42 Å². The highest BCUT2D eigenvalue weighted by molar-refractivity contribution is 5.94. The van der Waals surface area contributed by atoms with Gasteiger partial charge < -0.3 is 9.73 Å². The van der Waals surface area contributed by atoms with Crippen LogP contribution in [0.2, 0.25) is 0 Å². The normalized spacial score (nSPS) is 11.8. The van der Waals surface area contributed by atoms with Crippen LogP contribution in [-0.2, 0) is 0 Å². The second kappa shape index (κ2) is 7.81. The Bertz CT molecular complexity index is 556. The summed E-state index contributed by atoms with van der Waals surface area (Å²) in [6.45, 7) is 0.413. The third-order valence-corrected chi connectivity index (χ3v) is 3.06. The minimum absolute atomic E-state index is 0. The van der Waals surface area contributed by atoms with E-state index in [1.807, 2.05) is 31.1 Å². The van der Waals surface area contributed by atoms with Crippen molar-refractivity contribution in [3.8, 4) is 0 Å². The Kier molecular flexibility index (Phi) is 6.39. The molecular formula is C15H18ClFN2O2. The van der Waals surface area contributed by atoms with Gasteiger partial charge in [-0.05, 0) is 50.5 Å². The van der Waals surface area contributed by atoms with Crippen LogP contribution >= 0.6 is 12.4 Å². The van der Waals surface area contributed by atoms with Crippen LogP contribution in [-0.4, -0.2) is 31.4 Å². The molecule has 1 N–H and O–H groups in total. The Morgan fingerprint density at radius 3 is 2.48 bits per heavy atom. The zero-order chi connectivity index (χ0) is 14.5. The monoisotopic (exact) mass is 312 g/mol. The van der Waals surface area contributed by atoms with Crippen molar-refractivity contribution in [2.24, 2.45) is 0 Å². The van der Waals surface area contributed by atoms with E-state index >= 15 is 0 Å². The highest BCUT2D eigenvalue weighted by Gasteiger charge is 2.18. The first-order valence-corrected chi connectivity index (χ1v) is 6.31. The number of rotatable bonds is 5. The van der Waals surface area contributed by atoms with Crippen LogP contribution in [0.3, 0.4) is 0 Å². The maximum atomic E-state index is 12.8. The Morgan fingerprint density at radius 2 is 1.95 bits per heavy atom. The molecule has 4 nitrogen and oxygen atoms in total. The van der Waals surface area contributed by atoms with Crippen molar-refractivity contribution in [1.29, 1.82) is 0 Å². The van der Waals surface area contributed by atoms with Crippen molar-refractivity contribution < 1.29 is 13.6 Å². The molecule has 0 spiro atoms. The summed E-state index contributed by atoms with van der Waals surface area (Å²) >= 11 is 0. The molecule has 21 heavy (non-hydrogen) atoms. The van der Waals surface area contributed by atoms with E-state index in [0.717, 1.165) is 5.76 Å². The first kappa shape index (κ1) is 17.2. The van der Waals surface area contributed by atoms with E-state index in [9.17, 15) is 9.18 Å². The lowest BCUT2D eigenvalue weighted by Gasteiger charge is -2.22. The second-order valence-corrected chi connectivity index (χ2v) is 4.71. The van der Waals surface area contributed by atoms with Crippen molar-refractivity contribution in [2.45, 2.75) is 6.04 Å². The Hall–Kier alpha value is -1.85. The molecule has 1 heterocycles. The summed E-state index contributed by atoms with van der Waals surface area (Å²) in [6, 6.07) is 9.09. The molecule has 114 valence electrons. The van der Waals surface area contributed by atoms with Crippen LogP contribution in [0, 0.1) is 5.82 Å². The first-order valence-electron chi connectivity index (χ1n) is 6.31. The van der Waals surface area contributed by atoms with Gasteiger partial charge in [-0.1, -0.05) is 0 Å². The van der Waals surface area contributed by atoms with Crippen LogP contribution < -0.4 is 5.32 Å². The number of halogens is 2. The number of hydrogen-bond donors (Lipinski definition) is 1. The fourth-order valence-electron chi connectivity index (χ4n) is 1.91. The minimum Gasteiger partial charge on any atom is -0.468 e. The standard InChI is InChI=1S/C15H17FN2O2.ClH/c1-18(2)13(14-4-3-9-20-14)10-17-15(19)11-5-7-12(16)8-6-11;/h3-9,13H,10H2,1-2H3,(H,17,19);1H. The number of amides is 1. The summed E-state index contributed by atoms with van der Waals surface area (Å²) in [7, 11) is 3.83. The van der Waals surface area contributed by atoms with Crippen LogP contribution in [0.4, 0.5) is 4.39 Å². The fourth-order valence-corrected chi connectivity index (χ4v) is 1.91. The van der Waals surface area contributed by atoms with Gasteiger partial charge in [0.05, 0.1) is 12.3 Å². The average molecular weight is 313 g/mol. The zero-order valence-electron chi connectivity index (χ0n) is 11.9. The highest BCUT2D eigenvalue weighted by Crippen LogP contribution is 2.17. The lowest BCUT2D eigenvalue weighted by atomic mass is 10.1. The van der Waals surface area contributed by atoms with Gasteiger partial charge in [-0.2, -0.15) is 0 Å². The van der Waals surface area contributed by atoms with Crippen molar-refractivity contribution in [3.63, 3.8) is 0 Å². The maximum Gasteiger partial charge on any atom is 0.251 e. The Balaban J connectivity index is 0.00000220. The van der Waals surface area contributed by atoms with E-state index in [1.54, 1.807) is 6.26 Å². The number of carbonyl (C=O) groups is 1. The van der Waals surface area contributed by atoms with Crippen molar-refractivity contribution in [2.75, 3.05) is 20.6 Å². The molecule has 2 aromatic rings. The molecule has 0 radical (unpaired) electrons. The quantitative estimate of drug-likeness (QED) is 0.923. The molecule has 1 unspecified atom stereocenters. The molecule has 0 aliphatic heterocycles. The van der Waals surface area contributed by atoms with Gasteiger partial charge in [0, 0.05) is 12.1 Å². The number of furan rings is 1. The van der Waals surface area contributed by atoms with Gasteiger partial charge >= 0.3 is 0 Å². The van der Waals surface area contributed by atoms with Crippen molar-refractivity contribution in [1.82, 2.24) is 10.2 Å². The molecule has 1 aromatic heterocycles. The predicted molar refractivity (Wildman–Crippen MR) is 81.1 cm³/mol. The van der Waals surface area contributed by atoms with Gasteiger partial charge in [-0.25, -0.2) is 4.39 Å². The van der Waals surface area contributed by atoms with Crippen LogP contribution in [0.25, 0.3) is 0 Å². The molecule has 1 aromatic carbocycles. The number of benzene rings is 1. The number of nitrogens with zero attached hydrogens (tertiary/aromatic N) is 1. The van der Waals surface area contributed by atoms with Gasteiger partial charge in [-0.15, -0.1) is 12.4 Å².